The van der Waals surface area contributed by atoms with Crippen LogP contribution in [-0.4, -0.2) is 29.5 Å². The van der Waals surface area contributed by atoms with E-state index >= 15 is 0 Å². The lowest BCUT2D eigenvalue weighted by Gasteiger charge is -2.23. The first-order chi connectivity index (χ1) is 9.31. The SMILES string of the molecule is O=C(NC1CC1)c1ccc(NC2CCCSC2)cc1. The third-order valence-corrected chi connectivity index (χ3v) is 4.81. The quantitative estimate of drug-likeness (QED) is 0.888. The monoisotopic (exact) mass is 276 g/mol. The van der Waals surface area contributed by atoms with E-state index in [0.29, 0.717) is 12.1 Å². The zero-order valence-electron chi connectivity index (χ0n) is 11.0. The fourth-order valence-electron chi connectivity index (χ4n) is 2.30. The molecule has 1 aromatic carbocycles. The first kappa shape index (κ1) is 12.9. The Labute approximate surface area is 118 Å². The predicted octanol–water partition coefficient (Wildman–Crippen LogP) is 2.89. The molecule has 0 spiro atoms. The highest BCUT2D eigenvalue weighted by atomic mass is 32.2. The summed E-state index contributed by atoms with van der Waals surface area (Å²) in [5.74, 6) is 2.53. The molecule has 0 radical (unpaired) electrons. The smallest absolute Gasteiger partial charge is 0.251 e. The minimum atomic E-state index is 0.0577. The maximum absolute atomic E-state index is 11.9. The molecule has 1 aliphatic carbocycles. The van der Waals surface area contributed by atoms with E-state index in [0.717, 1.165) is 24.1 Å². The Bertz CT molecular complexity index is 436. The highest BCUT2D eigenvalue weighted by Gasteiger charge is 2.23. The molecule has 2 fully saturated rings. The summed E-state index contributed by atoms with van der Waals surface area (Å²) in [6, 6.07) is 8.85. The van der Waals surface area contributed by atoms with Gasteiger partial charge in [0.2, 0.25) is 0 Å². The van der Waals surface area contributed by atoms with Gasteiger partial charge >= 0.3 is 0 Å². The molecule has 3 rings (SSSR count). The second-order valence-corrected chi connectivity index (χ2v) is 6.53. The molecule has 102 valence electrons. The Balaban J connectivity index is 1.56. The first-order valence-corrected chi connectivity index (χ1v) is 8.22. The Kier molecular flexibility index (Phi) is 3.97. The van der Waals surface area contributed by atoms with E-state index in [1.807, 2.05) is 36.0 Å². The van der Waals surface area contributed by atoms with E-state index in [1.54, 1.807) is 0 Å². The van der Waals surface area contributed by atoms with Crippen molar-refractivity contribution in [1.29, 1.82) is 0 Å². The van der Waals surface area contributed by atoms with E-state index < -0.39 is 0 Å². The van der Waals surface area contributed by atoms with Crippen molar-refractivity contribution in [2.75, 3.05) is 16.8 Å². The van der Waals surface area contributed by atoms with Crippen LogP contribution in [0.15, 0.2) is 24.3 Å². The van der Waals surface area contributed by atoms with E-state index in [9.17, 15) is 4.79 Å². The fraction of sp³-hybridized carbons (Fsp3) is 0.533. The molecule has 1 aliphatic heterocycles. The molecule has 4 heteroatoms. The fourth-order valence-corrected chi connectivity index (χ4v) is 3.38. The lowest BCUT2D eigenvalue weighted by Crippen LogP contribution is -2.26. The molecule has 1 heterocycles. The predicted molar refractivity (Wildman–Crippen MR) is 80.9 cm³/mol. The topological polar surface area (TPSA) is 41.1 Å². The van der Waals surface area contributed by atoms with Crippen LogP contribution in [0.4, 0.5) is 5.69 Å². The maximum atomic E-state index is 11.9. The van der Waals surface area contributed by atoms with Crippen molar-refractivity contribution in [2.45, 2.75) is 37.8 Å². The summed E-state index contributed by atoms with van der Waals surface area (Å²) in [7, 11) is 0. The van der Waals surface area contributed by atoms with Gasteiger partial charge in [0.25, 0.3) is 5.91 Å². The summed E-state index contributed by atoms with van der Waals surface area (Å²) in [4.78, 5) is 11.9. The molecule has 1 aromatic rings. The summed E-state index contributed by atoms with van der Waals surface area (Å²) in [5.41, 5.74) is 1.88. The number of carbonyl (C=O) groups excluding carboxylic acids is 1. The Morgan fingerprint density at radius 1 is 1.11 bits per heavy atom. The molecule has 2 aliphatic rings. The molecule has 1 saturated heterocycles. The summed E-state index contributed by atoms with van der Waals surface area (Å²) in [6.07, 6.45) is 4.80. The molecular formula is C15H20N2OS. The molecule has 0 aromatic heterocycles. The molecular weight excluding hydrogens is 256 g/mol. The molecule has 2 N–H and O–H groups in total. The van der Waals surface area contributed by atoms with E-state index in [2.05, 4.69) is 10.6 Å². The summed E-state index contributed by atoms with van der Waals surface area (Å²) >= 11 is 2.02. The van der Waals surface area contributed by atoms with Gasteiger partial charge in [0.1, 0.15) is 0 Å². The maximum Gasteiger partial charge on any atom is 0.251 e. The van der Waals surface area contributed by atoms with E-state index in [1.165, 1.54) is 24.3 Å². The number of thioether (sulfide) groups is 1. The number of hydrogen-bond acceptors (Lipinski definition) is 3. The zero-order chi connectivity index (χ0) is 13.1. The summed E-state index contributed by atoms with van der Waals surface area (Å²) in [5, 5.41) is 6.56. The van der Waals surface area contributed by atoms with Crippen LogP contribution in [0, 0.1) is 0 Å². The second-order valence-electron chi connectivity index (χ2n) is 5.38. The molecule has 0 bridgehead atoms. The standard InChI is InChI=1S/C15H20N2OS/c18-15(17-13-7-8-13)11-3-5-12(6-4-11)16-14-2-1-9-19-10-14/h3-6,13-14,16H,1-2,7-10H2,(H,17,18). The van der Waals surface area contributed by atoms with Crippen LogP contribution in [-0.2, 0) is 0 Å². The zero-order valence-corrected chi connectivity index (χ0v) is 11.8. The van der Waals surface area contributed by atoms with Crippen molar-refractivity contribution in [2.24, 2.45) is 0 Å². The lowest BCUT2D eigenvalue weighted by atomic mass is 10.1. The van der Waals surface area contributed by atoms with Gasteiger partial charge in [-0.05, 0) is 55.7 Å². The number of carbonyl (C=O) groups is 1. The van der Waals surface area contributed by atoms with Crippen LogP contribution in [0.2, 0.25) is 0 Å². The number of hydrogen-bond donors (Lipinski definition) is 2. The van der Waals surface area contributed by atoms with Gasteiger partial charge in [0.05, 0.1) is 0 Å². The first-order valence-electron chi connectivity index (χ1n) is 7.06. The molecule has 1 unspecified atom stereocenters. The van der Waals surface area contributed by atoms with Crippen LogP contribution in [0.1, 0.15) is 36.0 Å². The van der Waals surface area contributed by atoms with Gasteiger partial charge in [0.15, 0.2) is 0 Å². The normalized spacial score (nSPS) is 22.8. The Morgan fingerprint density at radius 2 is 1.89 bits per heavy atom. The van der Waals surface area contributed by atoms with Crippen LogP contribution in [0.5, 0.6) is 0 Å². The molecule has 1 atom stereocenters. The average molecular weight is 276 g/mol. The lowest BCUT2D eigenvalue weighted by molar-refractivity contribution is 0.0951. The highest BCUT2D eigenvalue weighted by molar-refractivity contribution is 7.99. The Hall–Kier alpha value is -1.16. The van der Waals surface area contributed by atoms with Crippen molar-refractivity contribution in [3.8, 4) is 0 Å². The van der Waals surface area contributed by atoms with E-state index in [-0.39, 0.29) is 5.91 Å². The average Bonchev–Trinajstić information content (AvgIpc) is 3.25. The van der Waals surface area contributed by atoms with Gasteiger partial charge in [0, 0.05) is 29.1 Å². The van der Waals surface area contributed by atoms with Crippen molar-refractivity contribution in [3.05, 3.63) is 29.8 Å². The molecule has 1 saturated carbocycles. The molecule has 3 nitrogen and oxygen atoms in total. The largest absolute Gasteiger partial charge is 0.381 e. The van der Waals surface area contributed by atoms with Crippen LogP contribution in [0.3, 0.4) is 0 Å². The van der Waals surface area contributed by atoms with Gasteiger partial charge in [-0.25, -0.2) is 0 Å². The summed E-state index contributed by atoms with van der Waals surface area (Å²) in [6.45, 7) is 0. The number of anilines is 1. The van der Waals surface area contributed by atoms with Gasteiger partial charge in [-0.1, -0.05) is 0 Å². The van der Waals surface area contributed by atoms with Crippen LogP contribution in [0.25, 0.3) is 0 Å². The highest BCUT2D eigenvalue weighted by Crippen LogP contribution is 2.22. The third kappa shape index (κ3) is 3.66. The van der Waals surface area contributed by atoms with Crippen LogP contribution < -0.4 is 10.6 Å². The minimum absolute atomic E-state index is 0.0577. The van der Waals surface area contributed by atoms with Crippen molar-refractivity contribution >= 4 is 23.4 Å². The number of nitrogens with one attached hydrogen (secondary N) is 2. The molecule has 1 amide bonds. The number of benzene rings is 1. The Morgan fingerprint density at radius 3 is 2.53 bits per heavy atom. The van der Waals surface area contributed by atoms with E-state index in [4.69, 9.17) is 0 Å². The van der Waals surface area contributed by atoms with Crippen LogP contribution >= 0.6 is 11.8 Å². The van der Waals surface area contributed by atoms with Gasteiger partial charge in [-0.2, -0.15) is 11.8 Å². The van der Waals surface area contributed by atoms with Crippen molar-refractivity contribution in [3.63, 3.8) is 0 Å². The number of rotatable bonds is 4. The summed E-state index contributed by atoms with van der Waals surface area (Å²) < 4.78 is 0. The third-order valence-electron chi connectivity index (χ3n) is 3.59. The van der Waals surface area contributed by atoms with Crippen molar-refractivity contribution < 1.29 is 4.79 Å². The van der Waals surface area contributed by atoms with Gasteiger partial charge in [-0.15, -0.1) is 0 Å². The van der Waals surface area contributed by atoms with Gasteiger partial charge in [-0.3, -0.25) is 4.79 Å². The molecule has 19 heavy (non-hydrogen) atoms. The van der Waals surface area contributed by atoms with Crippen molar-refractivity contribution in [1.82, 2.24) is 5.32 Å². The number of amides is 1. The minimum Gasteiger partial charge on any atom is -0.381 e. The second kappa shape index (κ2) is 5.87. The van der Waals surface area contributed by atoms with Gasteiger partial charge < -0.3 is 10.6 Å².